The Labute approximate surface area is 151 Å². The number of rotatable bonds is 7. The van der Waals surface area contributed by atoms with E-state index in [4.69, 9.17) is 21.1 Å². The highest BCUT2D eigenvalue weighted by Crippen LogP contribution is 2.18. The minimum absolute atomic E-state index is 0.0432. The number of likely N-dealkylation sites (N-methyl/N-ethyl adjacent to an activating group) is 1. The number of esters is 1. The van der Waals surface area contributed by atoms with Crippen LogP contribution < -0.4 is 4.74 Å². The highest BCUT2D eigenvalue weighted by Gasteiger charge is 2.34. The first-order valence-electron chi connectivity index (χ1n) is 7.84. The summed E-state index contributed by atoms with van der Waals surface area (Å²) in [5, 5.41) is 0.478. The molecular formula is C16H20ClNO6S. The zero-order chi connectivity index (χ0) is 18.4. The number of ether oxygens (including phenoxy) is 2. The zero-order valence-electron chi connectivity index (χ0n) is 13.8. The van der Waals surface area contributed by atoms with Gasteiger partial charge < -0.3 is 14.4 Å². The Kier molecular flexibility index (Phi) is 6.66. The van der Waals surface area contributed by atoms with Crippen molar-refractivity contribution < 1.29 is 27.5 Å². The fraction of sp³-hybridized carbons (Fsp3) is 0.500. The maximum Gasteiger partial charge on any atom is 0.344 e. The number of benzene rings is 1. The van der Waals surface area contributed by atoms with Gasteiger partial charge in [0, 0.05) is 17.6 Å². The van der Waals surface area contributed by atoms with E-state index in [1.165, 1.54) is 4.90 Å². The maximum atomic E-state index is 12.2. The van der Waals surface area contributed by atoms with E-state index in [2.05, 4.69) is 0 Å². The molecule has 0 bridgehead atoms. The van der Waals surface area contributed by atoms with Crippen LogP contribution in [0.5, 0.6) is 5.75 Å². The van der Waals surface area contributed by atoms with Gasteiger partial charge in [-0.25, -0.2) is 13.2 Å². The maximum absolute atomic E-state index is 12.2. The Morgan fingerprint density at radius 2 is 2.08 bits per heavy atom. The van der Waals surface area contributed by atoms with Gasteiger partial charge in [-0.1, -0.05) is 17.7 Å². The van der Waals surface area contributed by atoms with Crippen molar-refractivity contribution in [1.82, 2.24) is 4.90 Å². The smallest absolute Gasteiger partial charge is 0.344 e. The van der Waals surface area contributed by atoms with Gasteiger partial charge in [0.15, 0.2) is 23.1 Å². The van der Waals surface area contributed by atoms with Crippen LogP contribution in [-0.4, -0.2) is 62.5 Å². The first kappa shape index (κ1) is 19.5. The van der Waals surface area contributed by atoms with E-state index in [1.54, 1.807) is 31.2 Å². The highest BCUT2D eigenvalue weighted by atomic mass is 35.5. The van der Waals surface area contributed by atoms with Crippen molar-refractivity contribution in [2.24, 2.45) is 0 Å². The van der Waals surface area contributed by atoms with E-state index in [0.29, 0.717) is 23.7 Å². The van der Waals surface area contributed by atoms with Gasteiger partial charge in [-0.2, -0.15) is 0 Å². The third kappa shape index (κ3) is 5.89. The van der Waals surface area contributed by atoms with Crippen LogP contribution in [0.4, 0.5) is 0 Å². The molecule has 7 nitrogen and oxygen atoms in total. The summed E-state index contributed by atoms with van der Waals surface area (Å²) in [6.07, 6.45) is 0.410. The molecule has 25 heavy (non-hydrogen) atoms. The summed E-state index contributed by atoms with van der Waals surface area (Å²) in [5.74, 6) is -0.654. The highest BCUT2D eigenvalue weighted by molar-refractivity contribution is 7.91. The lowest BCUT2D eigenvalue weighted by molar-refractivity contribution is -0.154. The van der Waals surface area contributed by atoms with Crippen LogP contribution >= 0.6 is 11.6 Å². The summed E-state index contributed by atoms with van der Waals surface area (Å²) in [6, 6.07) is 6.20. The molecular weight excluding hydrogens is 370 g/mol. The van der Waals surface area contributed by atoms with E-state index in [9.17, 15) is 18.0 Å². The first-order valence-corrected chi connectivity index (χ1v) is 10.0. The molecule has 1 aromatic carbocycles. The van der Waals surface area contributed by atoms with Gasteiger partial charge in [0.1, 0.15) is 5.75 Å². The standard InChI is InChI=1S/C16H20ClNO6S/c1-2-18(13-6-7-25(21,22)11-13)15(19)9-24-16(20)10-23-14-5-3-4-12(17)8-14/h3-5,8,13H,2,6-7,9-11H2,1H3. The molecule has 0 N–H and O–H groups in total. The van der Waals surface area contributed by atoms with Crippen LogP contribution in [0.1, 0.15) is 13.3 Å². The van der Waals surface area contributed by atoms with Crippen LogP contribution in [0.3, 0.4) is 0 Å². The van der Waals surface area contributed by atoms with Gasteiger partial charge in [0.05, 0.1) is 11.5 Å². The normalized spacial score (nSPS) is 18.6. The lowest BCUT2D eigenvalue weighted by atomic mass is 10.2. The van der Waals surface area contributed by atoms with Crippen LogP contribution in [0.25, 0.3) is 0 Å². The second-order valence-electron chi connectivity index (χ2n) is 5.64. The number of halogens is 1. The fourth-order valence-corrected chi connectivity index (χ4v) is 4.54. The Morgan fingerprint density at radius 3 is 2.68 bits per heavy atom. The second kappa shape index (κ2) is 8.53. The molecule has 1 aliphatic heterocycles. The lowest BCUT2D eigenvalue weighted by Crippen LogP contribution is -2.43. The van der Waals surface area contributed by atoms with Crippen molar-refractivity contribution in [3.05, 3.63) is 29.3 Å². The summed E-state index contributed by atoms with van der Waals surface area (Å²) in [7, 11) is -3.09. The van der Waals surface area contributed by atoms with Gasteiger partial charge in [0.25, 0.3) is 5.91 Å². The van der Waals surface area contributed by atoms with Gasteiger partial charge in [-0.05, 0) is 31.5 Å². The fourth-order valence-electron chi connectivity index (χ4n) is 2.63. The molecule has 138 valence electrons. The van der Waals surface area contributed by atoms with Crippen LogP contribution in [0, 0.1) is 0 Å². The Bertz CT molecular complexity index is 736. The molecule has 1 fully saturated rings. The number of nitrogens with zero attached hydrogens (tertiary/aromatic N) is 1. The van der Waals surface area contributed by atoms with Crippen LogP contribution in [0.2, 0.25) is 5.02 Å². The van der Waals surface area contributed by atoms with Crippen LogP contribution in [-0.2, 0) is 24.2 Å². The summed E-state index contributed by atoms with van der Waals surface area (Å²) >= 11 is 5.81. The second-order valence-corrected chi connectivity index (χ2v) is 8.31. The average molecular weight is 390 g/mol. The minimum atomic E-state index is -3.09. The van der Waals surface area contributed by atoms with E-state index < -0.39 is 28.3 Å². The molecule has 1 heterocycles. The van der Waals surface area contributed by atoms with Crippen molar-refractivity contribution in [1.29, 1.82) is 0 Å². The molecule has 0 spiro atoms. The minimum Gasteiger partial charge on any atom is -0.482 e. The molecule has 0 aliphatic carbocycles. The Morgan fingerprint density at radius 1 is 1.32 bits per heavy atom. The van der Waals surface area contributed by atoms with E-state index in [-0.39, 0.29) is 24.2 Å². The molecule has 1 aliphatic rings. The largest absolute Gasteiger partial charge is 0.482 e. The molecule has 1 atom stereocenters. The molecule has 1 amide bonds. The molecule has 2 rings (SSSR count). The SMILES string of the molecule is CCN(C(=O)COC(=O)COc1cccc(Cl)c1)C1CCS(=O)(=O)C1. The number of hydrogen-bond donors (Lipinski definition) is 0. The molecule has 0 saturated carbocycles. The number of amides is 1. The molecule has 1 unspecified atom stereocenters. The van der Waals surface area contributed by atoms with E-state index in [0.717, 1.165) is 0 Å². The van der Waals surface area contributed by atoms with Gasteiger partial charge in [-0.15, -0.1) is 0 Å². The zero-order valence-corrected chi connectivity index (χ0v) is 15.4. The number of hydrogen-bond acceptors (Lipinski definition) is 6. The molecule has 9 heteroatoms. The van der Waals surface area contributed by atoms with Crippen LogP contribution in [0.15, 0.2) is 24.3 Å². The molecule has 0 aromatic heterocycles. The third-order valence-electron chi connectivity index (χ3n) is 3.82. The van der Waals surface area contributed by atoms with Crippen molar-refractivity contribution in [2.75, 3.05) is 31.3 Å². The summed E-state index contributed by atoms with van der Waals surface area (Å²) < 4.78 is 33.2. The number of sulfone groups is 1. The van der Waals surface area contributed by atoms with E-state index in [1.807, 2.05) is 0 Å². The van der Waals surface area contributed by atoms with Gasteiger partial charge in [-0.3, -0.25) is 4.79 Å². The summed E-state index contributed by atoms with van der Waals surface area (Å²) in [6.45, 7) is 1.32. The number of carbonyl (C=O) groups is 2. The van der Waals surface area contributed by atoms with Crippen molar-refractivity contribution in [3.8, 4) is 5.75 Å². The Hall–Kier alpha value is -1.80. The first-order chi connectivity index (χ1) is 11.8. The molecule has 1 saturated heterocycles. The summed E-state index contributed by atoms with van der Waals surface area (Å²) in [4.78, 5) is 25.3. The third-order valence-corrected chi connectivity index (χ3v) is 5.81. The van der Waals surface area contributed by atoms with Gasteiger partial charge >= 0.3 is 5.97 Å². The van der Waals surface area contributed by atoms with E-state index >= 15 is 0 Å². The van der Waals surface area contributed by atoms with Crippen molar-refractivity contribution in [3.63, 3.8) is 0 Å². The lowest BCUT2D eigenvalue weighted by Gasteiger charge is -2.26. The average Bonchev–Trinajstić information content (AvgIpc) is 2.91. The molecule has 1 aromatic rings. The number of carbonyl (C=O) groups excluding carboxylic acids is 2. The Balaban J connectivity index is 1.79. The van der Waals surface area contributed by atoms with Gasteiger partial charge in [0.2, 0.25) is 0 Å². The topological polar surface area (TPSA) is 90.0 Å². The quantitative estimate of drug-likeness (QED) is 0.653. The predicted octanol–water partition coefficient (Wildman–Crippen LogP) is 1.30. The predicted molar refractivity (Wildman–Crippen MR) is 92.4 cm³/mol. The summed E-state index contributed by atoms with van der Waals surface area (Å²) in [5.41, 5.74) is 0. The van der Waals surface area contributed by atoms with Crippen molar-refractivity contribution in [2.45, 2.75) is 19.4 Å². The molecule has 0 radical (unpaired) electrons. The van der Waals surface area contributed by atoms with Crippen molar-refractivity contribution >= 4 is 33.3 Å². The monoisotopic (exact) mass is 389 g/mol.